The average molecular weight is 240 g/mol. The van der Waals surface area contributed by atoms with Crippen molar-refractivity contribution in [1.29, 1.82) is 0 Å². The molecule has 0 atom stereocenters. The maximum atomic E-state index is 12.6. The Kier molecular flexibility index (Phi) is 4.05. The van der Waals surface area contributed by atoms with E-state index >= 15 is 0 Å². The second-order valence-corrected chi connectivity index (χ2v) is 5.30. The maximum absolute atomic E-state index is 12.6. The largest absolute Gasteiger partial charge is 0.381 e. The van der Waals surface area contributed by atoms with Crippen molar-refractivity contribution in [3.8, 4) is 0 Å². The van der Waals surface area contributed by atoms with E-state index in [0.717, 1.165) is 19.4 Å². The highest BCUT2D eigenvalue weighted by atomic mass is 16.5. The topological polar surface area (TPSA) is 55.6 Å². The lowest BCUT2D eigenvalue weighted by molar-refractivity contribution is -0.142. The zero-order chi connectivity index (χ0) is 12.3. The predicted molar refractivity (Wildman–Crippen MR) is 66.6 cm³/mol. The fourth-order valence-corrected chi connectivity index (χ4v) is 3.02. The van der Waals surface area contributed by atoms with Gasteiger partial charge >= 0.3 is 0 Å². The van der Waals surface area contributed by atoms with Crippen LogP contribution in [0.1, 0.15) is 45.4 Å². The minimum absolute atomic E-state index is 0.148. The van der Waals surface area contributed by atoms with E-state index in [4.69, 9.17) is 10.5 Å². The summed E-state index contributed by atoms with van der Waals surface area (Å²) in [4.78, 5) is 14.6. The molecule has 0 aromatic rings. The van der Waals surface area contributed by atoms with Gasteiger partial charge in [0.1, 0.15) is 0 Å². The molecule has 2 N–H and O–H groups in total. The standard InChI is InChI=1S/C13H24N2O2/c1-2-15(11-5-3-4-6-11)12(16)13(14)7-9-17-10-8-13/h11H,2-10,14H2,1H3. The maximum Gasteiger partial charge on any atom is 0.243 e. The number of rotatable bonds is 3. The third-order valence-corrected chi connectivity index (χ3v) is 4.18. The number of hydrogen-bond donors (Lipinski definition) is 1. The van der Waals surface area contributed by atoms with E-state index in [1.165, 1.54) is 12.8 Å². The molecule has 1 saturated carbocycles. The molecular weight excluding hydrogens is 216 g/mol. The first-order valence-corrected chi connectivity index (χ1v) is 6.85. The Morgan fingerprint density at radius 2 is 1.94 bits per heavy atom. The molecule has 0 unspecified atom stereocenters. The van der Waals surface area contributed by atoms with Crippen molar-refractivity contribution in [3.05, 3.63) is 0 Å². The van der Waals surface area contributed by atoms with Crippen molar-refractivity contribution in [2.75, 3.05) is 19.8 Å². The van der Waals surface area contributed by atoms with E-state index in [1.54, 1.807) is 0 Å². The Morgan fingerprint density at radius 3 is 2.47 bits per heavy atom. The fraction of sp³-hybridized carbons (Fsp3) is 0.923. The van der Waals surface area contributed by atoms with Crippen LogP contribution in [0.5, 0.6) is 0 Å². The summed E-state index contributed by atoms with van der Waals surface area (Å²) in [6.45, 7) is 4.07. The lowest BCUT2D eigenvalue weighted by Crippen LogP contribution is -2.59. The van der Waals surface area contributed by atoms with Crippen LogP contribution in [0.4, 0.5) is 0 Å². The van der Waals surface area contributed by atoms with Crippen molar-refractivity contribution < 1.29 is 9.53 Å². The second-order valence-electron chi connectivity index (χ2n) is 5.30. The van der Waals surface area contributed by atoms with Crippen LogP contribution in [0.2, 0.25) is 0 Å². The monoisotopic (exact) mass is 240 g/mol. The molecule has 0 aromatic carbocycles. The molecule has 2 rings (SSSR count). The number of nitrogens with two attached hydrogens (primary N) is 1. The first-order chi connectivity index (χ1) is 8.17. The Hall–Kier alpha value is -0.610. The van der Waals surface area contributed by atoms with Crippen LogP contribution in [0.25, 0.3) is 0 Å². The molecule has 0 aromatic heterocycles. The van der Waals surface area contributed by atoms with Crippen LogP contribution in [-0.4, -0.2) is 42.1 Å². The minimum atomic E-state index is -0.670. The van der Waals surface area contributed by atoms with Gasteiger partial charge in [-0.1, -0.05) is 12.8 Å². The first-order valence-electron chi connectivity index (χ1n) is 6.85. The lowest BCUT2D eigenvalue weighted by Gasteiger charge is -2.39. The van der Waals surface area contributed by atoms with Gasteiger partial charge in [-0.3, -0.25) is 4.79 Å². The van der Waals surface area contributed by atoms with Crippen molar-refractivity contribution in [2.24, 2.45) is 5.73 Å². The molecule has 1 aliphatic heterocycles. The molecule has 2 aliphatic rings. The van der Waals surface area contributed by atoms with Crippen LogP contribution >= 0.6 is 0 Å². The van der Waals surface area contributed by atoms with E-state index in [9.17, 15) is 4.79 Å². The summed E-state index contributed by atoms with van der Waals surface area (Å²) in [5, 5.41) is 0. The predicted octanol–water partition coefficient (Wildman–Crippen LogP) is 1.29. The molecule has 1 heterocycles. The van der Waals surface area contributed by atoms with E-state index in [-0.39, 0.29) is 5.91 Å². The van der Waals surface area contributed by atoms with Gasteiger partial charge in [-0.25, -0.2) is 0 Å². The smallest absolute Gasteiger partial charge is 0.243 e. The van der Waals surface area contributed by atoms with Gasteiger partial charge in [0.05, 0.1) is 5.54 Å². The number of carbonyl (C=O) groups excluding carboxylic acids is 1. The number of nitrogens with zero attached hydrogens (tertiary/aromatic N) is 1. The third-order valence-electron chi connectivity index (χ3n) is 4.18. The third kappa shape index (κ3) is 2.63. The molecular formula is C13H24N2O2. The minimum Gasteiger partial charge on any atom is -0.381 e. The van der Waals surface area contributed by atoms with Gasteiger partial charge in [-0.15, -0.1) is 0 Å². The van der Waals surface area contributed by atoms with Gasteiger partial charge in [0.25, 0.3) is 0 Å². The Balaban J connectivity index is 2.04. The second kappa shape index (κ2) is 5.36. The number of hydrogen-bond acceptors (Lipinski definition) is 3. The first kappa shape index (κ1) is 12.8. The summed E-state index contributed by atoms with van der Waals surface area (Å²) in [5.74, 6) is 0.148. The molecule has 4 heteroatoms. The van der Waals surface area contributed by atoms with Crippen LogP contribution in [-0.2, 0) is 9.53 Å². The fourth-order valence-electron chi connectivity index (χ4n) is 3.02. The normalized spacial score (nSPS) is 24.8. The van der Waals surface area contributed by atoms with Crippen molar-refractivity contribution in [1.82, 2.24) is 4.90 Å². The molecule has 0 radical (unpaired) electrons. The zero-order valence-electron chi connectivity index (χ0n) is 10.8. The van der Waals surface area contributed by atoms with Crippen LogP contribution in [0, 0.1) is 0 Å². The number of amides is 1. The highest BCUT2D eigenvalue weighted by Crippen LogP contribution is 2.27. The van der Waals surface area contributed by atoms with Gasteiger partial charge in [-0.2, -0.15) is 0 Å². The number of likely N-dealkylation sites (N-methyl/N-ethyl adjacent to an activating group) is 1. The molecule has 1 amide bonds. The quantitative estimate of drug-likeness (QED) is 0.808. The van der Waals surface area contributed by atoms with Gasteiger partial charge in [0.2, 0.25) is 5.91 Å². The number of ether oxygens (including phenoxy) is 1. The molecule has 1 saturated heterocycles. The molecule has 4 nitrogen and oxygen atoms in total. The van der Waals surface area contributed by atoms with Gasteiger partial charge < -0.3 is 15.4 Å². The van der Waals surface area contributed by atoms with Crippen molar-refractivity contribution in [2.45, 2.75) is 57.0 Å². The summed E-state index contributed by atoms with van der Waals surface area (Å²) < 4.78 is 5.30. The Bertz CT molecular complexity index is 269. The van der Waals surface area contributed by atoms with E-state index in [0.29, 0.717) is 32.1 Å². The van der Waals surface area contributed by atoms with Crippen LogP contribution < -0.4 is 5.73 Å². The van der Waals surface area contributed by atoms with E-state index in [1.807, 2.05) is 4.90 Å². The molecule has 2 fully saturated rings. The highest BCUT2D eigenvalue weighted by molar-refractivity contribution is 5.86. The SMILES string of the molecule is CCN(C(=O)C1(N)CCOCC1)C1CCCC1. The molecule has 0 spiro atoms. The summed E-state index contributed by atoms with van der Waals surface area (Å²) in [5.41, 5.74) is 5.61. The van der Waals surface area contributed by atoms with Crippen LogP contribution in [0.3, 0.4) is 0 Å². The summed E-state index contributed by atoms with van der Waals surface area (Å²) in [7, 11) is 0. The van der Waals surface area contributed by atoms with Gasteiger partial charge in [0, 0.05) is 25.8 Å². The van der Waals surface area contributed by atoms with Gasteiger partial charge in [0.15, 0.2) is 0 Å². The summed E-state index contributed by atoms with van der Waals surface area (Å²) in [6, 6.07) is 0.427. The average Bonchev–Trinajstić information content (AvgIpc) is 2.84. The summed E-state index contributed by atoms with van der Waals surface area (Å²) >= 11 is 0. The number of carbonyl (C=O) groups is 1. The van der Waals surface area contributed by atoms with E-state index in [2.05, 4.69) is 6.92 Å². The van der Waals surface area contributed by atoms with Crippen molar-refractivity contribution in [3.63, 3.8) is 0 Å². The molecule has 98 valence electrons. The molecule has 17 heavy (non-hydrogen) atoms. The zero-order valence-corrected chi connectivity index (χ0v) is 10.8. The highest BCUT2D eigenvalue weighted by Gasteiger charge is 2.40. The lowest BCUT2D eigenvalue weighted by atomic mass is 9.89. The van der Waals surface area contributed by atoms with Crippen LogP contribution in [0.15, 0.2) is 0 Å². The molecule has 0 bridgehead atoms. The van der Waals surface area contributed by atoms with E-state index < -0.39 is 5.54 Å². The molecule has 1 aliphatic carbocycles. The van der Waals surface area contributed by atoms with Gasteiger partial charge in [-0.05, 0) is 32.6 Å². The summed E-state index contributed by atoms with van der Waals surface area (Å²) in [6.07, 6.45) is 6.10. The Morgan fingerprint density at radius 1 is 1.35 bits per heavy atom. The van der Waals surface area contributed by atoms with Crippen molar-refractivity contribution >= 4 is 5.91 Å². The Labute approximate surface area is 103 Å².